The van der Waals surface area contributed by atoms with Gasteiger partial charge in [-0.25, -0.2) is 0 Å². The van der Waals surface area contributed by atoms with Crippen LogP contribution >= 0.6 is 0 Å². The molecule has 1 amide bonds. The Kier molecular flexibility index (Phi) is 6.13. The highest BCUT2D eigenvalue weighted by Crippen LogP contribution is 2.31. The van der Waals surface area contributed by atoms with E-state index in [1.165, 1.54) is 0 Å². The van der Waals surface area contributed by atoms with Crippen molar-refractivity contribution in [2.24, 2.45) is 0 Å². The Morgan fingerprint density at radius 1 is 0.828 bits per heavy atom. The van der Waals surface area contributed by atoms with Crippen LogP contribution in [0.5, 0.6) is 17.2 Å². The van der Waals surface area contributed by atoms with Gasteiger partial charge in [0.1, 0.15) is 17.2 Å². The molecule has 8 nitrogen and oxygen atoms in total. The number of carbonyl (C=O) groups is 1. The predicted octanol–water partition coefficient (Wildman–Crippen LogP) is 3.81. The van der Waals surface area contributed by atoms with E-state index in [2.05, 4.69) is 20.8 Å². The number of carbonyl (C=O) groups excluding carboxylic acids is 1. The van der Waals surface area contributed by atoms with Crippen molar-refractivity contribution in [3.63, 3.8) is 0 Å². The van der Waals surface area contributed by atoms with E-state index in [0.29, 0.717) is 34.4 Å². The van der Waals surface area contributed by atoms with Crippen molar-refractivity contribution in [1.82, 2.24) is 10.2 Å². The molecule has 2 N–H and O–H groups in total. The monoisotopic (exact) mass is 394 g/mol. The minimum absolute atomic E-state index is 0.178. The van der Waals surface area contributed by atoms with Crippen molar-refractivity contribution < 1.29 is 19.0 Å². The smallest absolute Gasteiger partial charge is 0.276 e. The zero-order valence-electron chi connectivity index (χ0n) is 16.6. The van der Waals surface area contributed by atoms with Gasteiger partial charge in [-0.15, -0.1) is 10.2 Å². The maximum Gasteiger partial charge on any atom is 0.276 e. The molecule has 1 aromatic heterocycles. The lowest BCUT2D eigenvalue weighted by Crippen LogP contribution is -2.15. The van der Waals surface area contributed by atoms with Crippen molar-refractivity contribution >= 4 is 23.1 Å². The Balaban J connectivity index is 1.75. The van der Waals surface area contributed by atoms with Gasteiger partial charge < -0.3 is 24.8 Å². The summed E-state index contributed by atoms with van der Waals surface area (Å²) in [6.45, 7) is 1.93. The normalized spacial score (nSPS) is 10.2. The fourth-order valence-corrected chi connectivity index (χ4v) is 2.68. The van der Waals surface area contributed by atoms with E-state index >= 15 is 0 Å². The Morgan fingerprint density at radius 2 is 1.55 bits per heavy atom. The van der Waals surface area contributed by atoms with Crippen LogP contribution in [0.2, 0.25) is 0 Å². The van der Waals surface area contributed by atoms with E-state index in [9.17, 15) is 4.79 Å². The summed E-state index contributed by atoms with van der Waals surface area (Å²) in [6, 6.07) is 14.1. The molecular formula is C21H22N4O4. The zero-order chi connectivity index (χ0) is 20.8. The number of hydrogen-bond acceptors (Lipinski definition) is 7. The molecule has 0 saturated heterocycles. The number of aromatic nitrogens is 2. The molecule has 0 bridgehead atoms. The van der Waals surface area contributed by atoms with Crippen LogP contribution < -0.4 is 24.8 Å². The van der Waals surface area contributed by atoms with Crippen LogP contribution in [0.25, 0.3) is 0 Å². The molecule has 0 aliphatic carbocycles. The number of ether oxygens (including phenoxy) is 3. The molecule has 2 aromatic carbocycles. The molecule has 3 rings (SSSR count). The Bertz CT molecular complexity index is 1010. The van der Waals surface area contributed by atoms with Crippen LogP contribution in [-0.2, 0) is 0 Å². The van der Waals surface area contributed by atoms with E-state index < -0.39 is 0 Å². The van der Waals surface area contributed by atoms with E-state index in [1.807, 2.05) is 19.1 Å². The van der Waals surface area contributed by atoms with Crippen LogP contribution in [0, 0.1) is 6.92 Å². The summed E-state index contributed by atoms with van der Waals surface area (Å²) in [5.74, 6) is 1.94. The average molecular weight is 394 g/mol. The van der Waals surface area contributed by atoms with Gasteiger partial charge in [0, 0.05) is 6.07 Å². The number of aryl methyl sites for hydroxylation is 1. The highest BCUT2D eigenvalue weighted by molar-refractivity contribution is 6.03. The molecule has 29 heavy (non-hydrogen) atoms. The third kappa shape index (κ3) is 4.73. The minimum Gasteiger partial charge on any atom is -0.497 e. The van der Waals surface area contributed by atoms with Crippen molar-refractivity contribution in [3.8, 4) is 17.2 Å². The molecule has 1 heterocycles. The van der Waals surface area contributed by atoms with Crippen LogP contribution in [-0.4, -0.2) is 37.4 Å². The lowest BCUT2D eigenvalue weighted by atomic mass is 10.2. The van der Waals surface area contributed by atoms with Crippen LogP contribution in [0.15, 0.2) is 48.5 Å². The number of rotatable bonds is 7. The van der Waals surface area contributed by atoms with Crippen LogP contribution in [0.3, 0.4) is 0 Å². The fraction of sp³-hybridized carbons (Fsp3) is 0.190. The number of benzene rings is 2. The predicted molar refractivity (Wildman–Crippen MR) is 111 cm³/mol. The fourth-order valence-electron chi connectivity index (χ4n) is 2.68. The van der Waals surface area contributed by atoms with Crippen LogP contribution in [0.4, 0.5) is 17.2 Å². The standard InChI is InChI=1S/C21H22N4O4/c1-13-5-8-18(28-3)16(11-13)23-21(26)15-7-10-20(25-24-15)22-17-12-14(27-2)6-9-19(17)29-4/h5-12H,1-4H3,(H,22,25)(H,23,26). The molecule has 0 aliphatic heterocycles. The summed E-state index contributed by atoms with van der Waals surface area (Å²) in [7, 11) is 4.71. The molecule has 3 aromatic rings. The van der Waals surface area contributed by atoms with E-state index in [4.69, 9.17) is 14.2 Å². The Hall–Kier alpha value is -3.81. The molecule has 150 valence electrons. The second-order valence-corrected chi connectivity index (χ2v) is 6.15. The van der Waals surface area contributed by atoms with E-state index in [0.717, 1.165) is 5.56 Å². The molecular weight excluding hydrogens is 372 g/mol. The first-order chi connectivity index (χ1) is 14.0. The van der Waals surface area contributed by atoms with Gasteiger partial charge in [0.25, 0.3) is 5.91 Å². The largest absolute Gasteiger partial charge is 0.497 e. The second kappa shape index (κ2) is 8.92. The van der Waals surface area contributed by atoms with Crippen molar-refractivity contribution in [2.75, 3.05) is 32.0 Å². The van der Waals surface area contributed by atoms with E-state index in [1.54, 1.807) is 57.7 Å². The molecule has 0 unspecified atom stereocenters. The van der Waals surface area contributed by atoms with Crippen molar-refractivity contribution in [1.29, 1.82) is 0 Å². The first-order valence-corrected chi connectivity index (χ1v) is 8.83. The Morgan fingerprint density at radius 3 is 2.21 bits per heavy atom. The van der Waals surface area contributed by atoms with Gasteiger partial charge in [0.2, 0.25) is 0 Å². The highest BCUT2D eigenvalue weighted by atomic mass is 16.5. The SMILES string of the molecule is COc1ccc(OC)c(Nc2ccc(C(=O)Nc3cc(C)ccc3OC)nn2)c1. The summed E-state index contributed by atoms with van der Waals surface area (Å²) >= 11 is 0. The maximum atomic E-state index is 12.5. The third-order valence-electron chi connectivity index (χ3n) is 4.17. The summed E-state index contributed by atoms with van der Waals surface area (Å²) < 4.78 is 15.8. The van der Waals surface area contributed by atoms with E-state index in [-0.39, 0.29) is 11.6 Å². The average Bonchev–Trinajstić information content (AvgIpc) is 2.74. The lowest BCUT2D eigenvalue weighted by molar-refractivity contribution is 0.102. The number of anilines is 3. The topological polar surface area (TPSA) is 94.6 Å². The second-order valence-electron chi connectivity index (χ2n) is 6.15. The molecule has 0 aliphatic rings. The first-order valence-electron chi connectivity index (χ1n) is 8.83. The number of hydrogen-bond donors (Lipinski definition) is 2. The van der Waals surface area contributed by atoms with Crippen LogP contribution in [0.1, 0.15) is 16.1 Å². The summed E-state index contributed by atoms with van der Waals surface area (Å²) in [5.41, 5.74) is 2.42. The van der Waals surface area contributed by atoms with Gasteiger partial charge in [0.05, 0.1) is 32.7 Å². The summed E-state index contributed by atoms with van der Waals surface area (Å²) in [5, 5.41) is 14.0. The van der Waals surface area contributed by atoms with Gasteiger partial charge in [-0.3, -0.25) is 4.79 Å². The zero-order valence-corrected chi connectivity index (χ0v) is 16.6. The third-order valence-corrected chi connectivity index (χ3v) is 4.17. The number of methoxy groups -OCH3 is 3. The molecule has 0 spiro atoms. The van der Waals surface area contributed by atoms with Gasteiger partial charge in [0.15, 0.2) is 11.5 Å². The molecule has 0 fully saturated rings. The maximum absolute atomic E-state index is 12.5. The minimum atomic E-state index is -0.382. The molecule has 8 heteroatoms. The molecule has 0 radical (unpaired) electrons. The summed E-state index contributed by atoms with van der Waals surface area (Å²) in [4.78, 5) is 12.5. The van der Waals surface area contributed by atoms with Gasteiger partial charge in [-0.2, -0.15) is 0 Å². The van der Waals surface area contributed by atoms with Gasteiger partial charge >= 0.3 is 0 Å². The summed E-state index contributed by atoms with van der Waals surface area (Å²) in [6.07, 6.45) is 0. The highest BCUT2D eigenvalue weighted by Gasteiger charge is 2.13. The molecule has 0 saturated carbocycles. The Labute approximate surface area is 168 Å². The number of nitrogens with one attached hydrogen (secondary N) is 2. The first kappa shape index (κ1) is 19.9. The molecule has 0 atom stereocenters. The van der Waals surface area contributed by atoms with Crippen molar-refractivity contribution in [2.45, 2.75) is 6.92 Å². The quantitative estimate of drug-likeness (QED) is 0.629. The number of nitrogens with zero attached hydrogens (tertiary/aromatic N) is 2. The number of amides is 1. The van der Waals surface area contributed by atoms with Gasteiger partial charge in [-0.1, -0.05) is 6.07 Å². The lowest BCUT2D eigenvalue weighted by Gasteiger charge is -2.12. The van der Waals surface area contributed by atoms with Crippen molar-refractivity contribution in [3.05, 3.63) is 59.8 Å². The van der Waals surface area contributed by atoms with Gasteiger partial charge in [-0.05, 0) is 48.9 Å².